The molecule has 1 fully saturated rings. The molecule has 0 saturated carbocycles. The zero-order chi connectivity index (χ0) is 13.0. The molecule has 18 heavy (non-hydrogen) atoms. The zero-order valence-electron chi connectivity index (χ0n) is 10.0. The van der Waals surface area contributed by atoms with E-state index in [4.69, 9.17) is 4.74 Å². The molecule has 4 nitrogen and oxygen atoms in total. The summed E-state index contributed by atoms with van der Waals surface area (Å²) in [7, 11) is 1.59. The number of methoxy groups -OCH3 is 1. The average Bonchev–Trinajstić information content (AvgIpc) is 2.40. The van der Waals surface area contributed by atoms with Gasteiger partial charge in [-0.05, 0) is 18.2 Å². The van der Waals surface area contributed by atoms with Gasteiger partial charge in [0, 0.05) is 22.5 Å². The quantitative estimate of drug-likeness (QED) is 0.891. The molecule has 1 unspecified atom stereocenters. The Kier molecular flexibility index (Phi) is 4.91. The highest BCUT2D eigenvalue weighted by atomic mass is 79.9. The van der Waals surface area contributed by atoms with Crippen molar-refractivity contribution in [2.75, 3.05) is 30.5 Å². The zero-order valence-corrected chi connectivity index (χ0v) is 12.4. The van der Waals surface area contributed by atoms with Crippen molar-refractivity contribution in [3.8, 4) is 5.75 Å². The average molecular weight is 331 g/mol. The maximum Gasteiger partial charge on any atom is 0.242 e. The minimum atomic E-state index is -0.132. The molecule has 0 aromatic heterocycles. The van der Waals surface area contributed by atoms with E-state index in [0.29, 0.717) is 11.4 Å². The fourth-order valence-electron chi connectivity index (χ4n) is 1.73. The van der Waals surface area contributed by atoms with Crippen LogP contribution in [-0.4, -0.2) is 37.1 Å². The molecule has 1 saturated heterocycles. The van der Waals surface area contributed by atoms with Crippen LogP contribution in [0.5, 0.6) is 5.75 Å². The Morgan fingerprint density at radius 1 is 1.61 bits per heavy atom. The van der Waals surface area contributed by atoms with Crippen LogP contribution in [0.4, 0.5) is 5.69 Å². The van der Waals surface area contributed by atoms with Gasteiger partial charge in [-0.1, -0.05) is 15.9 Å². The first-order valence-electron chi connectivity index (χ1n) is 5.66. The summed E-state index contributed by atoms with van der Waals surface area (Å²) in [5, 5.41) is 6.11. The summed E-state index contributed by atoms with van der Waals surface area (Å²) in [6.45, 7) is 0.873. The van der Waals surface area contributed by atoms with E-state index < -0.39 is 0 Å². The fourth-order valence-corrected chi connectivity index (χ4v) is 3.03. The van der Waals surface area contributed by atoms with E-state index in [1.807, 2.05) is 18.2 Å². The van der Waals surface area contributed by atoms with Crippen molar-refractivity contribution in [1.82, 2.24) is 5.32 Å². The highest BCUT2D eigenvalue weighted by molar-refractivity contribution is 9.10. The molecule has 2 N–H and O–H groups in total. The largest absolute Gasteiger partial charge is 0.495 e. The second kappa shape index (κ2) is 6.45. The summed E-state index contributed by atoms with van der Waals surface area (Å²) >= 11 is 5.18. The molecule has 98 valence electrons. The minimum Gasteiger partial charge on any atom is -0.495 e. The number of carbonyl (C=O) groups is 1. The standard InChI is InChI=1S/C12H15BrN2O2S/c1-17-11-3-2-8(13)6-9(11)15-12(16)10-7-18-5-4-14-10/h2-3,6,10,14H,4-5,7H2,1H3,(H,15,16). The predicted molar refractivity (Wildman–Crippen MR) is 78.4 cm³/mol. The lowest BCUT2D eigenvalue weighted by Crippen LogP contribution is -2.46. The van der Waals surface area contributed by atoms with Crippen molar-refractivity contribution in [2.24, 2.45) is 0 Å². The third-order valence-corrected chi connectivity index (χ3v) is 4.21. The van der Waals surface area contributed by atoms with Gasteiger partial charge in [0.2, 0.25) is 5.91 Å². The fraction of sp³-hybridized carbons (Fsp3) is 0.417. The SMILES string of the molecule is COc1ccc(Br)cc1NC(=O)C1CSCCN1. The maximum atomic E-state index is 12.1. The van der Waals surface area contributed by atoms with Gasteiger partial charge in [-0.25, -0.2) is 0 Å². The Hall–Kier alpha value is -0.720. The molecular formula is C12H15BrN2O2S. The van der Waals surface area contributed by atoms with Crippen LogP contribution in [0.2, 0.25) is 0 Å². The third-order valence-electron chi connectivity index (χ3n) is 2.66. The first kappa shape index (κ1) is 13.7. The smallest absolute Gasteiger partial charge is 0.242 e. The molecule has 6 heteroatoms. The molecule has 0 radical (unpaired) electrons. The van der Waals surface area contributed by atoms with Crippen LogP contribution in [0, 0.1) is 0 Å². The van der Waals surface area contributed by atoms with Crippen molar-refractivity contribution in [3.05, 3.63) is 22.7 Å². The second-order valence-electron chi connectivity index (χ2n) is 3.92. The molecule has 1 aliphatic heterocycles. The van der Waals surface area contributed by atoms with Gasteiger partial charge in [0.25, 0.3) is 0 Å². The van der Waals surface area contributed by atoms with Gasteiger partial charge in [-0.3, -0.25) is 4.79 Å². The van der Waals surface area contributed by atoms with Crippen LogP contribution < -0.4 is 15.4 Å². The van der Waals surface area contributed by atoms with Crippen LogP contribution in [-0.2, 0) is 4.79 Å². The van der Waals surface area contributed by atoms with E-state index in [9.17, 15) is 4.79 Å². The number of anilines is 1. The molecular weight excluding hydrogens is 316 g/mol. The molecule has 1 aromatic carbocycles. The number of hydrogen-bond acceptors (Lipinski definition) is 4. The molecule has 1 atom stereocenters. The minimum absolute atomic E-state index is 0.0152. The molecule has 1 aliphatic rings. The Morgan fingerprint density at radius 3 is 3.11 bits per heavy atom. The van der Waals surface area contributed by atoms with E-state index in [0.717, 1.165) is 22.5 Å². The van der Waals surface area contributed by atoms with E-state index in [-0.39, 0.29) is 11.9 Å². The molecule has 0 bridgehead atoms. The lowest BCUT2D eigenvalue weighted by Gasteiger charge is -2.22. The van der Waals surface area contributed by atoms with E-state index in [1.165, 1.54) is 0 Å². The number of amides is 1. The van der Waals surface area contributed by atoms with Gasteiger partial charge >= 0.3 is 0 Å². The van der Waals surface area contributed by atoms with Crippen LogP contribution in [0.25, 0.3) is 0 Å². The van der Waals surface area contributed by atoms with E-state index >= 15 is 0 Å². The summed E-state index contributed by atoms with van der Waals surface area (Å²) < 4.78 is 6.13. The van der Waals surface area contributed by atoms with E-state index in [2.05, 4.69) is 26.6 Å². The van der Waals surface area contributed by atoms with Crippen LogP contribution in [0.1, 0.15) is 0 Å². The molecule has 1 heterocycles. The number of halogens is 1. The van der Waals surface area contributed by atoms with Crippen molar-refractivity contribution < 1.29 is 9.53 Å². The Balaban J connectivity index is 2.07. The number of benzene rings is 1. The number of carbonyl (C=O) groups excluding carboxylic acids is 1. The third kappa shape index (κ3) is 3.40. The maximum absolute atomic E-state index is 12.1. The Labute approximate surface area is 119 Å². The van der Waals surface area contributed by atoms with Crippen LogP contribution in [0.3, 0.4) is 0 Å². The second-order valence-corrected chi connectivity index (χ2v) is 5.98. The Bertz CT molecular complexity index is 436. The number of thioether (sulfide) groups is 1. The molecule has 2 rings (SSSR count). The van der Waals surface area contributed by atoms with Gasteiger partial charge in [0.15, 0.2) is 0 Å². The number of rotatable bonds is 3. The number of nitrogens with one attached hydrogen (secondary N) is 2. The van der Waals surface area contributed by atoms with Crippen molar-refractivity contribution in [1.29, 1.82) is 0 Å². The monoisotopic (exact) mass is 330 g/mol. The molecule has 1 aromatic rings. The molecule has 0 aliphatic carbocycles. The first-order valence-corrected chi connectivity index (χ1v) is 7.61. The lowest BCUT2D eigenvalue weighted by molar-refractivity contribution is -0.117. The van der Waals surface area contributed by atoms with Gasteiger partial charge in [-0.2, -0.15) is 11.8 Å². The highest BCUT2D eigenvalue weighted by Gasteiger charge is 2.21. The van der Waals surface area contributed by atoms with Crippen molar-refractivity contribution in [3.63, 3.8) is 0 Å². The highest BCUT2D eigenvalue weighted by Crippen LogP contribution is 2.28. The molecule has 1 amide bonds. The summed E-state index contributed by atoms with van der Waals surface area (Å²) in [6, 6.07) is 5.41. The van der Waals surface area contributed by atoms with E-state index in [1.54, 1.807) is 18.9 Å². The predicted octanol–water partition coefficient (Wildman–Crippen LogP) is 2.10. The number of ether oxygens (including phenoxy) is 1. The van der Waals surface area contributed by atoms with Crippen LogP contribution in [0.15, 0.2) is 22.7 Å². The summed E-state index contributed by atoms with van der Waals surface area (Å²) in [5.74, 6) is 2.51. The summed E-state index contributed by atoms with van der Waals surface area (Å²) in [5.41, 5.74) is 0.689. The van der Waals surface area contributed by atoms with Crippen molar-refractivity contribution in [2.45, 2.75) is 6.04 Å². The van der Waals surface area contributed by atoms with Gasteiger partial charge in [0.05, 0.1) is 18.8 Å². The van der Waals surface area contributed by atoms with Gasteiger partial charge in [0.1, 0.15) is 5.75 Å². The lowest BCUT2D eigenvalue weighted by atomic mass is 10.2. The van der Waals surface area contributed by atoms with Gasteiger partial charge in [-0.15, -0.1) is 0 Å². The topological polar surface area (TPSA) is 50.4 Å². The number of hydrogen-bond donors (Lipinski definition) is 2. The van der Waals surface area contributed by atoms with Gasteiger partial charge < -0.3 is 15.4 Å². The first-order chi connectivity index (χ1) is 8.70. The summed E-state index contributed by atoms with van der Waals surface area (Å²) in [4.78, 5) is 12.1. The molecule has 0 spiro atoms. The van der Waals surface area contributed by atoms with Crippen LogP contribution >= 0.6 is 27.7 Å². The normalized spacial score (nSPS) is 19.3. The Morgan fingerprint density at radius 2 is 2.44 bits per heavy atom. The van der Waals surface area contributed by atoms with Crippen molar-refractivity contribution >= 4 is 39.3 Å². The summed E-state index contributed by atoms with van der Waals surface area (Å²) in [6.07, 6.45) is 0.